The van der Waals surface area contributed by atoms with Gasteiger partial charge in [0.2, 0.25) is 23.6 Å². The molecule has 1 aliphatic heterocycles. The van der Waals surface area contributed by atoms with Crippen LogP contribution >= 0.6 is 0 Å². The Hall–Kier alpha value is -2.97. The van der Waals surface area contributed by atoms with Crippen LogP contribution in [0.5, 0.6) is 0 Å². The molecule has 146 valence electrons. The Kier molecular flexibility index (Phi) is 7.27. The first kappa shape index (κ1) is 20.3. The Morgan fingerprint density at radius 2 is 1.44 bits per heavy atom. The van der Waals surface area contributed by atoms with Crippen molar-refractivity contribution in [1.82, 2.24) is 20.7 Å². The van der Waals surface area contributed by atoms with Gasteiger partial charge in [0, 0.05) is 45.9 Å². The summed E-state index contributed by atoms with van der Waals surface area (Å²) >= 11 is 0. The Bertz CT molecular complexity index is 700. The van der Waals surface area contributed by atoms with Crippen molar-refractivity contribution in [3.63, 3.8) is 0 Å². The van der Waals surface area contributed by atoms with E-state index in [1.807, 2.05) is 0 Å². The van der Waals surface area contributed by atoms with Gasteiger partial charge in [-0.1, -0.05) is 12.1 Å². The molecule has 1 aromatic carbocycles. The number of hydrogen-bond acceptors (Lipinski definition) is 4. The number of carbonyl (C=O) groups is 4. The SMILES string of the molecule is CC(=O)N1CCN(C(=O)CCC(=O)NNC(=O)Cc2ccc(F)cc2)CC1. The van der Waals surface area contributed by atoms with Gasteiger partial charge in [-0.05, 0) is 17.7 Å². The van der Waals surface area contributed by atoms with Crippen molar-refractivity contribution in [3.8, 4) is 0 Å². The number of hydrogen-bond donors (Lipinski definition) is 2. The summed E-state index contributed by atoms with van der Waals surface area (Å²) in [7, 11) is 0. The van der Waals surface area contributed by atoms with Gasteiger partial charge in [0.15, 0.2) is 0 Å². The molecule has 0 atom stereocenters. The smallest absolute Gasteiger partial charge is 0.242 e. The van der Waals surface area contributed by atoms with Crippen molar-refractivity contribution in [3.05, 3.63) is 35.6 Å². The molecule has 0 spiro atoms. The number of halogens is 1. The lowest BCUT2D eigenvalue weighted by Crippen LogP contribution is -2.50. The monoisotopic (exact) mass is 378 g/mol. The Morgan fingerprint density at radius 3 is 2.04 bits per heavy atom. The van der Waals surface area contributed by atoms with Crippen LogP contribution in [-0.4, -0.2) is 59.6 Å². The fourth-order valence-electron chi connectivity index (χ4n) is 2.68. The van der Waals surface area contributed by atoms with Crippen LogP contribution in [0.3, 0.4) is 0 Å². The molecular formula is C18H23FN4O4. The third kappa shape index (κ3) is 6.69. The summed E-state index contributed by atoms with van der Waals surface area (Å²) in [6, 6.07) is 5.48. The maximum absolute atomic E-state index is 12.8. The van der Waals surface area contributed by atoms with Crippen LogP contribution in [0.15, 0.2) is 24.3 Å². The van der Waals surface area contributed by atoms with E-state index >= 15 is 0 Å². The van der Waals surface area contributed by atoms with E-state index in [1.54, 1.807) is 9.80 Å². The van der Waals surface area contributed by atoms with E-state index in [2.05, 4.69) is 10.9 Å². The quantitative estimate of drug-likeness (QED) is 0.704. The van der Waals surface area contributed by atoms with E-state index in [0.29, 0.717) is 31.7 Å². The van der Waals surface area contributed by atoms with E-state index in [0.717, 1.165) is 0 Å². The molecule has 9 heteroatoms. The van der Waals surface area contributed by atoms with Gasteiger partial charge in [-0.2, -0.15) is 0 Å². The second-order valence-electron chi connectivity index (χ2n) is 6.29. The maximum Gasteiger partial charge on any atom is 0.242 e. The third-order valence-electron chi connectivity index (χ3n) is 4.26. The zero-order valence-electron chi connectivity index (χ0n) is 15.2. The number of rotatable bonds is 5. The highest BCUT2D eigenvalue weighted by Crippen LogP contribution is 2.06. The summed E-state index contributed by atoms with van der Waals surface area (Å²) in [5, 5.41) is 0. The molecule has 2 rings (SSSR count). The molecule has 0 unspecified atom stereocenters. The zero-order chi connectivity index (χ0) is 19.8. The van der Waals surface area contributed by atoms with Crippen molar-refractivity contribution in [2.75, 3.05) is 26.2 Å². The van der Waals surface area contributed by atoms with Crippen molar-refractivity contribution in [2.24, 2.45) is 0 Å². The highest BCUT2D eigenvalue weighted by atomic mass is 19.1. The number of benzene rings is 1. The number of nitrogens with one attached hydrogen (secondary N) is 2. The fraction of sp³-hybridized carbons (Fsp3) is 0.444. The van der Waals surface area contributed by atoms with Crippen LogP contribution in [0.2, 0.25) is 0 Å². The largest absolute Gasteiger partial charge is 0.339 e. The van der Waals surface area contributed by atoms with E-state index in [1.165, 1.54) is 31.2 Å². The van der Waals surface area contributed by atoms with E-state index in [-0.39, 0.29) is 36.9 Å². The predicted octanol–water partition coefficient (Wildman–Crippen LogP) is -0.0135. The van der Waals surface area contributed by atoms with E-state index in [9.17, 15) is 23.6 Å². The van der Waals surface area contributed by atoms with Gasteiger partial charge in [0.05, 0.1) is 6.42 Å². The molecular weight excluding hydrogens is 355 g/mol. The average molecular weight is 378 g/mol. The molecule has 0 radical (unpaired) electrons. The predicted molar refractivity (Wildman–Crippen MR) is 94.5 cm³/mol. The van der Waals surface area contributed by atoms with Crippen LogP contribution in [0.4, 0.5) is 4.39 Å². The van der Waals surface area contributed by atoms with Gasteiger partial charge in [-0.25, -0.2) is 4.39 Å². The lowest BCUT2D eigenvalue weighted by atomic mass is 10.1. The maximum atomic E-state index is 12.8. The summed E-state index contributed by atoms with van der Waals surface area (Å²) in [6.07, 6.45) is -0.0256. The van der Waals surface area contributed by atoms with Crippen molar-refractivity contribution in [1.29, 1.82) is 0 Å². The van der Waals surface area contributed by atoms with Crippen molar-refractivity contribution < 1.29 is 23.6 Å². The number of piperazine rings is 1. The minimum Gasteiger partial charge on any atom is -0.339 e. The standard InChI is InChI=1S/C18H23FN4O4/c1-13(24)22-8-10-23(11-9-22)18(27)7-6-16(25)20-21-17(26)12-14-2-4-15(19)5-3-14/h2-5H,6-12H2,1H3,(H,20,25)(H,21,26). The molecule has 0 aliphatic carbocycles. The molecule has 2 N–H and O–H groups in total. The average Bonchev–Trinajstić information content (AvgIpc) is 2.66. The Balaban J connectivity index is 1.64. The van der Waals surface area contributed by atoms with Crippen molar-refractivity contribution in [2.45, 2.75) is 26.2 Å². The molecule has 1 aliphatic rings. The van der Waals surface area contributed by atoms with Gasteiger partial charge in [0.25, 0.3) is 0 Å². The molecule has 1 aromatic rings. The minimum absolute atomic E-state index is 0.0000822. The van der Waals surface area contributed by atoms with E-state index < -0.39 is 11.8 Å². The molecule has 0 saturated carbocycles. The highest BCUT2D eigenvalue weighted by Gasteiger charge is 2.22. The number of hydrazine groups is 1. The molecule has 0 bridgehead atoms. The molecule has 1 saturated heterocycles. The van der Waals surface area contributed by atoms with Gasteiger partial charge < -0.3 is 9.80 Å². The van der Waals surface area contributed by atoms with Crippen LogP contribution in [-0.2, 0) is 25.6 Å². The molecule has 1 heterocycles. The van der Waals surface area contributed by atoms with Gasteiger partial charge >= 0.3 is 0 Å². The molecule has 8 nitrogen and oxygen atoms in total. The Labute approximate surface area is 156 Å². The molecule has 1 fully saturated rings. The van der Waals surface area contributed by atoms with Crippen LogP contribution < -0.4 is 10.9 Å². The van der Waals surface area contributed by atoms with Crippen molar-refractivity contribution >= 4 is 23.6 Å². The zero-order valence-corrected chi connectivity index (χ0v) is 15.2. The lowest BCUT2D eigenvalue weighted by Gasteiger charge is -2.34. The highest BCUT2D eigenvalue weighted by molar-refractivity contribution is 5.86. The summed E-state index contributed by atoms with van der Waals surface area (Å²) in [4.78, 5) is 50.2. The number of nitrogens with zero attached hydrogens (tertiary/aromatic N) is 2. The summed E-state index contributed by atoms with van der Waals surface area (Å²) in [5.74, 6) is -1.48. The normalized spacial score (nSPS) is 13.9. The summed E-state index contributed by atoms with van der Waals surface area (Å²) in [5.41, 5.74) is 5.14. The lowest BCUT2D eigenvalue weighted by molar-refractivity contribution is -0.139. The third-order valence-corrected chi connectivity index (χ3v) is 4.26. The van der Waals surface area contributed by atoms with Gasteiger partial charge in [0.1, 0.15) is 5.82 Å². The second kappa shape index (κ2) is 9.65. The second-order valence-corrected chi connectivity index (χ2v) is 6.29. The first-order chi connectivity index (χ1) is 12.8. The Morgan fingerprint density at radius 1 is 0.889 bits per heavy atom. The van der Waals surface area contributed by atoms with Crippen LogP contribution in [0.25, 0.3) is 0 Å². The summed E-state index contributed by atoms with van der Waals surface area (Å²) in [6.45, 7) is 3.38. The topological polar surface area (TPSA) is 98.8 Å². The molecule has 27 heavy (non-hydrogen) atoms. The molecule has 0 aromatic heterocycles. The number of carbonyl (C=O) groups excluding carboxylic acids is 4. The van der Waals surface area contributed by atoms with Crippen LogP contribution in [0, 0.1) is 5.82 Å². The minimum atomic E-state index is -0.474. The van der Waals surface area contributed by atoms with Gasteiger partial charge in [-0.15, -0.1) is 0 Å². The van der Waals surface area contributed by atoms with Crippen LogP contribution in [0.1, 0.15) is 25.3 Å². The summed E-state index contributed by atoms with van der Waals surface area (Å²) < 4.78 is 12.8. The molecule has 4 amide bonds. The first-order valence-corrected chi connectivity index (χ1v) is 8.70. The number of amides is 4. The van der Waals surface area contributed by atoms with E-state index in [4.69, 9.17) is 0 Å². The fourth-order valence-corrected chi connectivity index (χ4v) is 2.68. The van der Waals surface area contributed by atoms with Gasteiger partial charge in [-0.3, -0.25) is 30.0 Å². The first-order valence-electron chi connectivity index (χ1n) is 8.70.